The number of ether oxygens (including phenoxy) is 1. The maximum absolute atomic E-state index is 12.3. The number of amides is 2. The van der Waals surface area contributed by atoms with E-state index in [-0.39, 0.29) is 11.9 Å². The molecule has 0 spiro atoms. The van der Waals surface area contributed by atoms with E-state index >= 15 is 0 Å². The highest BCUT2D eigenvalue weighted by molar-refractivity contribution is 6.30. The molecule has 1 aromatic heterocycles. The molecule has 2 aromatic carbocycles. The van der Waals surface area contributed by atoms with Gasteiger partial charge in [0.2, 0.25) is 5.89 Å². The first-order chi connectivity index (χ1) is 13.6. The summed E-state index contributed by atoms with van der Waals surface area (Å²) in [5, 5.41) is 7.53. The van der Waals surface area contributed by atoms with Gasteiger partial charge in [-0.2, -0.15) is 4.98 Å². The lowest BCUT2D eigenvalue weighted by Gasteiger charge is -2.36. The number of benzene rings is 2. The van der Waals surface area contributed by atoms with Crippen LogP contribution >= 0.6 is 11.6 Å². The molecule has 0 bridgehead atoms. The van der Waals surface area contributed by atoms with Gasteiger partial charge >= 0.3 is 6.03 Å². The molecule has 2 amide bonds. The maximum atomic E-state index is 12.3. The van der Waals surface area contributed by atoms with Crippen molar-refractivity contribution in [3.8, 4) is 5.75 Å². The first kappa shape index (κ1) is 18.3. The maximum Gasteiger partial charge on any atom is 0.321 e. The molecule has 1 fully saturated rings. The minimum Gasteiger partial charge on any atom is -0.496 e. The normalized spacial score (nSPS) is 13.9. The van der Waals surface area contributed by atoms with Crippen LogP contribution in [0.15, 0.2) is 53.1 Å². The van der Waals surface area contributed by atoms with E-state index in [0.717, 1.165) is 11.3 Å². The number of hydrogen-bond acceptors (Lipinski definition) is 5. The third-order valence-corrected chi connectivity index (χ3v) is 4.89. The fraction of sp³-hybridized carbons (Fsp3) is 0.250. The number of nitrogens with one attached hydrogen (secondary N) is 1. The van der Waals surface area contributed by atoms with Crippen LogP contribution in [0.1, 0.15) is 23.2 Å². The molecule has 4 rings (SSSR count). The summed E-state index contributed by atoms with van der Waals surface area (Å²) in [6.07, 6.45) is 0.529. The molecule has 0 radical (unpaired) electrons. The Kier molecular flexibility index (Phi) is 5.16. The van der Waals surface area contributed by atoms with Gasteiger partial charge in [0.05, 0.1) is 13.0 Å². The SMILES string of the molecule is COc1ccccc1Cc1noc(C2CN(C(=O)Nc3ccc(Cl)cc3)C2)n1. The Morgan fingerprint density at radius 2 is 2.00 bits per heavy atom. The van der Waals surface area contributed by atoms with Crippen LogP contribution in [-0.4, -0.2) is 41.3 Å². The number of rotatable bonds is 5. The van der Waals surface area contributed by atoms with Gasteiger partial charge in [0.1, 0.15) is 5.75 Å². The summed E-state index contributed by atoms with van der Waals surface area (Å²) >= 11 is 5.85. The number of para-hydroxylation sites is 1. The number of carbonyl (C=O) groups is 1. The number of hydrogen-bond donors (Lipinski definition) is 1. The number of urea groups is 1. The summed E-state index contributed by atoms with van der Waals surface area (Å²) in [7, 11) is 1.64. The average molecular weight is 399 g/mol. The van der Waals surface area contributed by atoms with E-state index in [1.807, 2.05) is 24.3 Å². The van der Waals surface area contributed by atoms with Crippen molar-refractivity contribution in [2.75, 3.05) is 25.5 Å². The number of halogens is 1. The van der Waals surface area contributed by atoms with Crippen LogP contribution in [-0.2, 0) is 6.42 Å². The van der Waals surface area contributed by atoms with Gasteiger partial charge in [0.15, 0.2) is 5.82 Å². The van der Waals surface area contributed by atoms with Crippen molar-refractivity contribution >= 4 is 23.3 Å². The highest BCUT2D eigenvalue weighted by Gasteiger charge is 2.35. The molecule has 0 unspecified atom stereocenters. The van der Waals surface area contributed by atoms with E-state index in [2.05, 4.69) is 15.5 Å². The number of aromatic nitrogens is 2. The molecule has 3 aromatic rings. The molecule has 1 N–H and O–H groups in total. The Bertz CT molecular complexity index is 968. The van der Waals surface area contributed by atoms with Crippen LogP contribution in [0.4, 0.5) is 10.5 Å². The highest BCUT2D eigenvalue weighted by Crippen LogP contribution is 2.27. The minimum absolute atomic E-state index is 0.0508. The zero-order valence-corrected chi connectivity index (χ0v) is 16.0. The summed E-state index contributed by atoms with van der Waals surface area (Å²) < 4.78 is 10.8. The Balaban J connectivity index is 1.32. The first-order valence-electron chi connectivity index (χ1n) is 8.88. The number of methoxy groups -OCH3 is 1. The summed E-state index contributed by atoms with van der Waals surface area (Å²) in [4.78, 5) is 18.5. The van der Waals surface area contributed by atoms with Crippen LogP contribution in [0.5, 0.6) is 5.75 Å². The smallest absolute Gasteiger partial charge is 0.321 e. The van der Waals surface area contributed by atoms with Crippen molar-refractivity contribution in [3.63, 3.8) is 0 Å². The monoisotopic (exact) mass is 398 g/mol. The van der Waals surface area contributed by atoms with Crippen LogP contribution in [0.2, 0.25) is 5.02 Å². The largest absolute Gasteiger partial charge is 0.496 e. The Morgan fingerprint density at radius 1 is 1.25 bits per heavy atom. The lowest BCUT2D eigenvalue weighted by molar-refractivity contribution is 0.147. The second-order valence-corrected chi connectivity index (χ2v) is 7.01. The van der Waals surface area contributed by atoms with E-state index in [0.29, 0.717) is 41.9 Å². The Morgan fingerprint density at radius 3 is 2.75 bits per heavy atom. The minimum atomic E-state index is -0.160. The summed E-state index contributed by atoms with van der Waals surface area (Å²) in [6, 6.07) is 14.6. The van der Waals surface area contributed by atoms with E-state index < -0.39 is 0 Å². The summed E-state index contributed by atoms with van der Waals surface area (Å²) in [5.41, 5.74) is 1.70. The quantitative estimate of drug-likeness (QED) is 0.703. The van der Waals surface area contributed by atoms with Crippen molar-refractivity contribution in [1.82, 2.24) is 15.0 Å². The molecule has 0 atom stereocenters. The lowest BCUT2D eigenvalue weighted by Crippen LogP contribution is -2.50. The highest BCUT2D eigenvalue weighted by atomic mass is 35.5. The molecule has 8 heteroatoms. The van der Waals surface area contributed by atoms with Gasteiger partial charge in [-0.05, 0) is 30.3 Å². The lowest BCUT2D eigenvalue weighted by atomic mass is 10.0. The molecule has 0 aliphatic carbocycles. The third-order valence-electron chi connectivity index (χ3n) is 4.64. The Hall–Kier alpha value is -3.06. The Labute approximate surface area is 167 Å². The van der Waals surface area contributed by atoms with Crippen LogP contribution in [0.25, 0.3) is 0 Å². The summed E-state index contributed by atoms with van der Waals surface area (Å²) in [6.45, 7) is 1.07. The summed E-state index contributed by atoms with van der Waals surface area (Å²) in [5.74, 6) is 2.00. The topological polar surface area (TPSA) is 80.5 Å². The molecule has 2 heterocycles. The number of anilines is 1. The van der Waals surface area contributed by atoms with E-state index in [4.69, 9.17) is 20.9 Å². The van der Waals surface area contributed by atoms with Gasteiger partial charge in [0.25, 0.3) is 0 Å². The fourth-order valence-electron chi connectivity index (χ4n) is 3.06. The molecule has 144 valence electrons. The van der Waals surface area contributed by atoms with Gasteiger partial charge in [-0.15, -0.1) is 0 Å². The molecule has 0 saturated carbocycles. The number of carbonyl (C=O) groups excluding carboxylic acids is 1. The predicted molar refractivity (Wildman–Crippen MR) is 105 cm³/mol. The molecule has 1 aliphatic heterocycles. The third kappa shape index (κ3) is 3.94. The van der Waals surface area contributed by atoms with Crippen LogP contribution in [0, 0.1) is 0 Å². The molecule has 1 saturated heterocycles. The fourth-order valence-corrected chi connectivity index (χ4v) is 3.19. The predicted octanol–water partition coefficient (Wildman–Crippen LogP) is 3.95. The van der Waals surface area contributed by atoms with Gasteiger partial charge in [-0.1, -0.05) is 35.0 Å². The van der Waals surface area contributed by atoms with E-state index in [9.17, 15) is 4.79 Å². The number of nitrogens with zero attached hydrogens (tertiary/aromatic N) is 3. The molecule has 28 heavy (non-hydrogen) atoms. The zero-order valence-electron chi connectivity index (χ0n) is 15.3. The first-order valence-corrected chi connectivity index (χ1v) is 9.26. The standard InChI is InChI=1S/C20H19ClN4O3/c1-27-17-5-3-2-4-13(17)10-18-23-19(28-24-18)14-11-25(12-14)20(26)22-16-8-6-15(21)7-9-16/h2-9,14H,10-12H2,1H3,(H,22,26). The van der Waals surface area contributed by atoms with Crippen molar-refractivity contribution < 1.29 is 14.1 Å². The van der Waals surface area contributed by atoms with Crippen LogP contribution in [0.3, 0.4) is 0 Å². The zero-order chi connectivity index (χ0) is 19.5. The second kappa shape index (κ2) is 7.90. The molecule has 1 aliphatic rings. The van der Waals surface area contributed by atoms with Gasteiger partial charge in [-0.3, -0.25) is 0 Å². The van der Waals surface area contributed by atoms with E-state index in [1.165, 1.54) is 0 Å². The van der Waals surface area contributed by atoms with E-state index in [1.54, 1.807) is 36.3 Å². The molecular formula is C20H19ClN4O3. The van der Waals surface area contributed by atoms with Crippen molar-refractivity contribution in [1.29, 1.82) is 0 Å². The molecular weight excluding hydrogens is 380 g/mol. The molecule has 7 nitrogen and oxygen atoms in total. The second-order valence-electron chi connectivity index (χ2n) is 6.58. The van der Waals surface area contributed by atoms with Crippen molar-refractivity contribution in [3.05, 3.63) is 70.8 Å². The van der Waals surface area contributed by atoms with Gasteiger partial charge in [-0.25, -0.2) is 4.79 Å². The van der Waals surface area contributed by atoms with Crippen LogP contribution < -0.4 is 10.1 Å². The van der Waals surface area contributed by atoms with Gasteiger partial charge in [0, 0.05) is 35.8 Å². The number of likely N-dealkylation sites (tertiary alicyclic amines) is 1. The van der Waals surface area contributed by atoms with Crippen molar-refractivity contribution in [2.45, 2.75) is 12.3 Å². The van der Waals surface area contributed by atoms with Crippen molar-refractivity contribution in [2.24, 2.45) is 0 Å². The average Bonchev–Trinajstić information content (AvgIpc) is 3.11. The van der Waals surface area contributed by atoms with Gasteiger partial charge < -0.3 is 19.5 Å².